The molecule has 100 valence electrons. The number of fused-ring (bicyclic) bond motifs is 1. The molecular formula is C15H14N4O. The molecule has 0 radical (unpaired) electrons. The van der Waals surface area contributed by atoms with Gasteiger partial charge in [0.1, 0.15) is 11.5 Å². The molecule has 0 aliphatic heterocycles. The summed E-state index contributed by atoms with van der Waals surface area (Å²) in [5, 5.41) is 0. The average molecular weight is 266 g/mol. The minimum absolute atomic E-state index is 0.0663. The van der Waals surface area contributed by atoms with Crippen LogP contribution < -0.4 is 5.73 Å². The van der Waals surface area contributed by atoms with Crippen molar-refractivity contribution in [1.82, 2.24) is 14.5 Å². The Kier molecular flexibility index (Phi) is 2.95. The summed E-state index contributed by atoms with van der Waals surface area (Å²) in [4.78, 5) is 20.7. The topological polar surface area (TPSA) is 73.8 Å². The van der Waals surface area contributed by atoms with Crippen LogP contribution in [0.25, 0.3) is 11.0 Å². The summed E-state index contributed by atoms with van der Waals surface area (Å²) in [5.41, 5.74) is 8.42. The third-order valence-electron chi connectivity index (χ3n) is 3.27. The molecule has 0 amide bonds. The molecule has 20 heavy (non-hydrogen) atoms. The van der Waals surface area contributed by atoms with E-state index in [9.17, 15) is 4.79 Å². The fourth-order valence-electron chi connectivity index (χ4n) is 2.16. The highest BCUT2D eigenvalue weighted by Gasteiger charge is 2.14. The van der Waals surface area contributed by atoms with Gasteiger partial charge in [0.25, 0.3) is 0 Å². The lowest BCUT2D eigenvalue weighted by molar-refractivity contribution is 0.0985. The number of anilines is 1. The van der Waals surface area contributed by atoms with Crippen LogP contribution in [0.4, 0.5) is 5.69 Å². The molecule has 0 saturated heterocycles. The largest absolute Gasteiger partial charge is 0.397 e. The lowest BCUT2D eigenvalue weighted by atomic mass is 10.2. The Hall–Kier alpha value is -2.69. The molecule has 5 nitrogen and oxygen atoms in total. The number of Topliss-reactive ketones (excluding diaryl/α,β-unsaturated/α-hetero) is 1. The molecule has 0 aliphatic rings. The van der Waals surface area contributed by atoms with Gasteiger partial charge < -0.3 is 10.3 Å². The Morgan fingerprint density at radius 3 is 2.75 bits per heavy atom. The molecule has 3 rings (SSSR count). The van der Waals surface area contributed by atoms with Gasteiger partial charge >= 0.3 is 0 Å². The van der Waals surface area contributed by atoms with E-state index >= 15 is 0 Å². The number of pyridine rings is 1. The number of hydrogen-bond donors (Lipinski definition) is 1. The van der Waals surface area contributed by atoms with Gasteiger partial charge in [-0.15, -0.1) is 0 Å². The van der Waals surface area contributed by atoms with Crippen molar-refractivity contribution >= 4 is 22.5 Å². The van der Waals surface area contributed by atoms with Gasteiger partial charge in [-0.2, -0.15) is 0 Å². The van der Waals surface area contributed by atoms with Crippen molar-refractivity contribution < 1.29 is 4.79 Å². The minimum atomic E-state index is -0.0663. The third-order valence-corrected chi connectivity index (χ3v) is 3.27. The van der Waals surface area contributed by atoms with Crippen molar-refractivity contribution in [3.8, 4) is 0 Å². The monoisotopic (exact) mass is 266 g/mol. The van der Waals surface area contributed by atoms with Crippen molar-refractivity contribution in [2.45, 2.75) is 6.42 Å². The van der Waals surface area contributed by atoms with E-state index in [-0.39, 0.29) is 12.2 Å². The fourth-order valence-corrected chi connectivity index (χ4v) is 2.16. The number of nitrogen functional groups attached to an aromatic ring is 1. The second-order valence-corrected chi connectivity index (χ2v) is 4.65. The molecule has 0 bridgehead atoms. The summed E-state index contributed by atoms with van der Waals surface area (Å²) in [5.74, 6) is 0.665. The number of carbonyl (C=O) groups is 1. The molecule has 0 unspecified atom stereocenters. The van der Waals surface area contributed by atoms with Crippen LogP contribution >= 0.6 is 0 Å². The number of imidazole rings is 1. The Morgan fingerprint density at radius 1 is 1.25 bits per heavy atom. The highest BCUT2D eigenvalue weighted by atomic mass is 16.1. The number of para-hydroxylation sites is 2. The smallest absolute Gasteiger partial charge is 0.188 e. The quantitative estimate of drug-likeness (QED) is 0.735. The first-order chi connectivity index (χ1) is 9.65. The van der Waals surface area contributed by atoms with Crippen molar-refractivity contribution in [2.75, 3.05) is 5.73 Å². The minimum Gasteiger partial charge on any atom is -0.397 e. The van der Waals surface area contributed by atoms with Crippen LogP contribution in [0.3, 0.4) is 0 Å². The molecule has 1 aromatic carbocycles. The normalized spacial score (nSPS) is 10.8. The van der Waals surface area contributed by atoms with Gasteiger partial charge in [-0.25, -0.2) is 4.98 Å². The van der Waals surface area contributed by atoms with Crippen LogP contribution in [0.5, 0.6) is 0 Å². The van der Waals surface area contributed by atoms with Crippen LogP contribution in [0, 0.1) is 0 Å². The maximum absolute atomic E-state index is 12.2. The maximum Gasteiger partial charge on any atom is 0.188 e. The van der Waals surface area contributed by atoms with Crippen LogP contribution in [0.1, 0.15) is 16.3 Å². The molecule has 0 atom stereocenters. The molecular weight excluding hydrogens is 252 g/mol. The summed E-state index contributed by atoms with van der Waals surface area (Å²) < 4.78 is 1.94. The van der Waals surface area contributed by atoms with E-state index in [4.69, 9.17) is 5.73 Å². The number of ketones is 1. The van der Waals surface area contributed by atoms with E-state index in [1.807, 2.05) is 35.9 Å². The SMILES string of the molecule is Cn1c(CC(=O)c2ccc(N)cn2)nc2ccccc21. The number of carbonyl (C=O) groups excluding carboxylic acids is 1. The second kappa shape index (κ2) is 4.77. The summed E-state index contributed by atoms with van der Waals surface area (Å²) in [6.07, 6.45) is 1.71. The van der Waals surface area contributed by atoms with Crippen molar-refractivity contribution in [3.63, 3.8) is 0 Å². The number of benzene rings is 1. The van der Waals surface area contributed by atoms with E-state index < -0.39 is 0 Å². The van der Waals surface area contributed by atoms with E-state index in [0.29, 0.717) is 11.4 Å². The lowest BCUT2D eigenvalue weighted by Crippen LogP contribution is -2.10. The van der Waals surface area contributed by atoms with Crippen molar-refractivity contribution in [3.05, 3.63) is 54.1 Å². The van der Waals surface area contributed by atoms with Gasteiger partial charge in [-0.05, 0) is 24.3 Å². The molecule has 0 aliphatic carbocycles. The number of nitrogens with zero attached hydrogens (tertiary/aromatic N) is 3. The van der Waals surface area contributed by atoms with Crippen LogP contribution in [-0.4, -0.2) is 20.3 Å². The maximum atomic E-state index is 12.2. The van der Waals surface area contributed by atoms with E-state index in [2.05, 4.69) is 9.97 Å². The summed E-state index contributed by atoms with van der Waals surface area (Å²) >= 11 is 0. The van der Waals surface area contributed by atoms with Gasteiger partial charge in [0.15, 0.2) is 5.78 Å². The van der Waals surface area contributed by atoms with Gasteiger partial charge in [0, 0.05) is 7.05 Å². The molecule has 2 heterocycles. The van der Waals surface area contributed by atoms with Crippen LogP contribution in [0.2, 0.25) is 0 Å². The standard InChI is InChI=1S/C15H14N4O/c1-19-13-5-3-2-4-11(13)18-15(19)8-14(20)12-7-6-10(16)9-17-12/h2-7,9H,8,16H2,1H3. The van der Waals surface area contributed by atoms with Crippen molar-refractivity contribution in [2.24, 2.45) is 7.05 Å². The van der Waals surface area contributed by atoms with E-state index in [0.717, 1.165) is 16.9 Å². The van der Waals surface area contributed by atoms with Gasteiger partial charge in [-0.3, -0.25) is 9.78 Å². The summed E-state index contributed by atoms with van der Waals surface area (Å²) in [6, 6.07) is 11.1. The molecule has 3 aromatic rings. The van der Waals surface area contributed by atoms with Crippen molar-refractivity contribution in [1.29, 1.82) is 0 Å². The highest BCUT2D eigenvalue weighted by Crippen LogP contribution is 2.15. The van der Waals surface area contributed by atoms with Gasteiger partial charge in [0.2, 0.25) is 0 Å². The number of aryl methyl sites for hydroxylation is 1. The van der Waals surface area contributed by atoms with E-state index in [1.165, 1.54) is 6.20 Å². The molecule has 2 N–H and O–H groups in total. The Balaban J connectivity index is 1.91. The second-order valence-electron chi connectivity index (χ2n) is 4.65. The Labute approximate surface area is 116 Å². The zero-order valence-corrected chi connectivity index (χ0v) is 11.1. The fraction of sp³-hybridized carbons (Fsp3) is 0.133. The average Bonchev–Trinajstić information content (AvgIpc) is 2.77. The highest BCUT2D eigenvalue weighted by molar-refractivity contribution is 5.96. The first-order valence-corrected chi connectivity index (χ1v) is 6.30. The number of aromatic nitrogens is 3. The predicted molar refractivity (Wildman–Crippen MR) is 77.4 cm³/mol. The summed E-state index contributed by atoms with van der Waals surface area (Å²) in [7, 11) is 1.91. The molecule has 0 saturated carbocycles. The van der Waals surface area contributed by atoms with E-state index in [1.54, 1.807) is 12.1 Å². The number of nitrogens with two attached hydrogens (primary N) is 1. The van der Waals surface area contributed by atoms with Crippen LogP contribution in [0.15, 0.2) is 42.6 Å². The first-order valence-electron chi connectivity index (χ1n) is 6.30. The first kappa shape index (κ1) is 12.3. The molecule has 0 fully saturated rings. The Morgan fingerprint density at radius 2 is 2.05 bits per heavy atom. The Bertz CT molecular complexity index is 774. The zero-order valence-electron chi connectivity index (χ0n) is 11.1. The number of rotatable bonds is 3. The molecule has 5 heteroatoms. The molecule has 2 aromatic heterocycles. The van der Waals surface area contributed by atoms with Gasteiger partial charge in [0.05, 0.1) is 29.3 Å². The lowest BCUT2D eigenvalue weighted by Gasteiger charge is -2.02. The summed E-state index contributed by atoms with van der Waals surface area (Å²) in [6.45, 7) is 0. The van der Waals surface area contributed by atoms with Gasteiger partial charge in [-0.1, -0.05) is 12.1 Å². The predicted octanol–water partition coefficient (Wildman–Crippen LogP) is 1.98. The number of hydrogen-bond acceptors (Lipinski definition) is 4. The molecule has 0 spiro atoms. The third kappa shape index (κ3) is 2.14. The van der Waals surface area contributed by atoms with Crippen LogP contribution in [-0.2, 0) is 13.5 Å². The zero-order chi connectivity index (χ0) is 14.1.